The van der Waals surface area contributed by atoms with Gasteiger partial charge < -0.3 is 4.74 Å². The monoisotopic (exact) mass is 356 g/mol. The van der Waals surface area contributed by atoms with Gasteiger partial charge in [-0.05, 0) is 34.7 Å². The van der Waals surface area contributed by atoms with Crippen molar-refractivity contribution in [2.45, 2.75) is 25.5 Å². The molecule has 132 valence electrons. The van der Waals surface area contributed by atoms with E-state index in [-0.39, 0.29) is 5.91 Å². The van der Waals surface area contributed by atoms with Crippen molar-refractivity contribution in [2.24, 2.45) is 5.10 Å². The van der Waals surface area contributed by atoms with E-state index in [1.54, 1.807) is 25.1 Å². The number of hydrogen-bond donors (Lipinski definition) is 1. The summed E-state index contributed by atoms with van der Waals surface area (Å²) < 4.78 is 5.12. The van der Waals surface area contributed by atoms with Gasteiger partial charge in [0.1, 0.15) is 5.75 Å². The van der Waals surface area contributed by atoms with Gasteiger partial charge in [0.05, 0.1) is 19.1 Å². The average Bonchev–Trinajstić information content (AvgIpc) is 2.63. The molecular weight excluding hydrogens is 332 g/mol. The van der Waals surface area contributed by atoms with Crippen LogP contribution in [0.5, 0.6) is 5.75 Å². The number of hydrogen-bond acceptors (Lipinski definition) is 4. The van der Waals surface area contributed by atoms with Crippen LogP contribution in [0.1, 0.15) is 36.5 Å². The summed E-state index contributed by atoms with van der Waals surface area (Å²) in [4.78, 5) is 11.8. The van der Waals surface area contributed by atoms with Crippen molar-refractivity contribution >= 4 is 23.9 Å². The van der Waals surface area contributed by atoms with Crippen LogP contribution in [-0.2, 0) is 10.5 Å². The molecule has 2 rings (SSSR count). The van der Waals surface area contributed by atoms with Gasteiger partial charge in [-0.3, -0.25) is 4.79 Å². The van der Waals surface area contributed by atoms with Gasteiger partial charge >= 0.3 is 0 Å². The maximum atomic E-state index is 11.8. The Labute approximate surface area is 153 Å². The number of nitrogens with zero attached hydrogens (tertiary/aromatic N) is 1. The Kier molecular flexibility index (Phi) is 7.54. The van der Waals surface area contributed by atoms with Gasteiger partial charge in [0.25, 0.3) is 0 Å². The van der Waals surface area contributed by atoms with Crippen LogP contribution in [-0.4, -0.2) is 25.0 Å². The van der Waals surface area contributed by atoms with Crippen LogP contribution >= 0.6 is 11.8 Å². The lowest BCUT2D eigenvalue weighted by Gasteiger charge is -2.04. The number of rotatable bonds is 8. The van der Waals surface area contributed by atoms with Crippen molar-refractivity contribution < 1.29 is 9.53 Å². The van der Waals surface area contributed by atoms with Crippen molar-refractivity contribution in [3.05, 3.63) is 65.2 Å². The second-order valence-electron chi connectivity index (χ2n) is 5.96. The molecule has 1 amide bonds. The van der Waals surface area contributed by atoms with E-state index in [0.29, 0.717) is 11.7 Å². The van der Waals surface area contributed by atoms with Crippen LogP contribution in [0.2, 0.25) is 0 Å². The summed E-state index contributed by atoms with van der Waals surface area (Å²) in [5.41, 5.74) is 5.98. The average molecular weight is 356 g/mol. The van der Waals surface area contributed by atoms with Gasteiger partial charge in [0.15, 0.2) is 0 Å². The number of ether oxygens (including phenoxy) is 1. The molecule has 0 saturated carbocycles. The van der Waals surface area contributed by atoms with Gasteiger partial charge in [-0.2, -0.15) is 5.10 Å². The van der Waals surface area contributed by atoms with Crippen molar-refractivity contribution in [3.8, 4) is 5.75 Å². The minimum absolute atomic E-state index is 0.103. The van der Waals surface area contributed by atoms with Crippen LogP contribution < -0.4 is 10.2 Å². The van der Waals surface area contributed by atoms with Gasteiger partial charge in [-0.25, -0.2) is 5.43 Å². The summed E-state index contributed by atoms with van der Waals surface area (Å²) in [5.74, 6) is 2.39. The van der Waals surface area contributed by atoms with Crippen molar-refractivity contribution in [2.75, 3.05) is 12.9 Å². The topological polar surface area (TPSA) is 50.7 Å². The summed E-state index contributed by atoms with van der Waals surface area (Å²) >= 11 is 1.55. The van der Waals surface area contributed by atoms with Crippen LogP contribution in [0, 0.1) is 0 Å². The van der Waals surface area contributed by atoms with Crippen LogP contribution in [0.15, 0.2) is 53.6 Å². The van der Waals surface area contributed by atoms with E-state index in [9.17, 15) is 4.79 Å². The summed E-state index contributed by atoms with van der Waals surface area (Å²) in [5, 5.41) is 4.01. The summed E-state index contributed by atoms with van der Waals surface area (Å²) in [6, 6.07) is 16.0. The first kappa shape index (κ1) is 19.1. The van der Waals surface area contributed by atoms with Gasteiger partial charge in [-0.1, -0.05) is 50.2 Å². The quantitative estimate of drug-likeness (QED) is 0.570. The van der Waals surface area contributed by atoms with E-state index < -0.39 is 0 Å². The predicted molar refractivity (Wildman–Crippen MR) is 105 cm³/mol. The lowest BCUT2D eigenvalue weighted by atomic mass is 10.0. The number of hydrazone groups is 1. The second-order valence-corrected chi connectivity index (χ2v) is 6.94. The van der Waals surface area contributed by atoms with Crippen LogP contribution in [0.4, 0.5) is 0 Å². The van der Waals surface area contributed by atoms with Crippen LogP contribution in [0.3, 0.4) is 0 Å². The third-order valence-corrected chi connectivity index (χ3v) is 4.67. The zero-order chi connectivity index (χ0) is 18.1. The summed E-state index contributed by atoms with van der Waals surface area (Å²) in [6.45, 7) is 4.32. The number of carbonyl (C=O) groups excluding carboxylic acids is 1. The van der Waals surface area contributed by atoms with Gasteiger partial charge in [-0.15, -0.1) is 11.8 Å². The molecule has 0 aliphatic rings. The third-order valence-electron chi connectivity index (χ3n) is 3.67. The number of amides is 1. The molecule has 0 aliphatic heterocycles. The van der Waals surface area contributed by atoms with Crippen molar-refractivity contribution in [3.63, 3.8) is 0 Å². The first-order valence-electron chi connectivity index (χ1n) is 8.21. The molecule has 0 heterocycles. The van der Waals surface area contributed by atoms with E-state index in [1.807, 2.05) is 36.4 Å². The molecule has 0 radical (unpaired) electrons. The lowest BCUT2D eigenvalue weighted by Crippen LogP contribution is -2.19. The zero-order valence-corrected chi connectivity index (χ0v) is 15.7. The molecule has 4 nitrogen and oxygen atoms in total. The van der Waals surface area contributed by atoms with Gasteiger partial charge in [0, 0.05) is 5.75 Å². The smallest absolute Gasteiger partial charge is 0.250 e. The number of nitrogens with one attached hydrogen (secondary N) is 1. The third kappa shape index (κ3) is 6.63. The van der Waals surface area contributed by atoms with Gasteiger partial charge in [0.2, 0.25) is 5.91 Å². The highest BCUT2D eigenvalue weighted by atomic mass is 32.2. The highest BCUT2D eigenvalue weighted by molar-refractivity contribution is 7.99. The predicted octanol–water partition coefficient (Wildman–Crippen LogP) is 4.20. The molecular formula is C20H24N2O2S. The molecule has 0 unspecified atom stereocenters. The minimum Gasteiger partial charge on any atom is -0.497 e. The molecule has 1 N–H and O–H groups in total. The number of carbonyl (C=O) groups is 1. The van der Waals surface area contributed by atoms with E-state index in [1.165, 1.54) is 5.56 Å². The molecule has 0 fully saturated rings. The molecule has 0 atom stereocenters. The standard InChI is InChI=1S/C20H24N2O2S/c1-15(2)18-8-4-16(5-9-18)12-21-22-20(23)14-25-13-17-6-10-19(24-3)11-7-17/h4-12,15H,13-14H2,1-3H3,(H,22,23)/b21-12+. The summed E-state index contributed by atoms with van der Waals surface area (Å²) in [7, 11) is 1.65. The maximum absolute atomic E-state index is 11.8. The molecule has 0 spiro atoms. The Bertz CT molecular complexity index is 695. The highest BCUT2D eigenvalue weighted by Gasteiger charge is 2.01. The molecule has 5 heteroatoms. The number of methoxy groups -OCH3 is 1. The second kappa shape index (κ2) is 9.89. The molecule has 0 aliphatic carbocycles. The zero-order valence-electron chi connectivity index (χ0n) is 14.9. The Morgan fingerprint density at radius 2 is 1.84 bits per heavy atom. The molecule has 0 bridgehead atoms. The first-order valence-corrected chi connectivity index (χ1v) is 9.36. The lowest BCUT2D eigenvalue weighted by molar-refractivity contribution is -0.118. The molecule has 0 aromatic heterocycles. The first-order chi connectivity index (χ1) is 12.1. The Hall–Kier alpha value is -2.27. The van der Waals surface area contributed by atoms with E-state index in [4.69, 9.17) is 4.74 Å². The van der Waals surface area contributed by atoms with E-state index in [2.05, 4.69) is 36.5 Å². The molecule has 2 aromatic rings. The Morgan fingerprint density at radius 3 is 2.44 bits per heavy atom. The van der Waals surface area contributed by atoms with Crippen molar-refractivity contribution in [1.82, 2.24) is 5.43 Å². The maximum Gasteiger partial charge on any atom is 0.250 e. The fraction of sp³-hybridized carbons (Fsp3) is 0.300. The number of benzene rings is 2. The SMILES string of the molecule is COc1ccc(CSCC(=O)N/N=C/c2ccc(C(C)C)cc2)cc1. The van der Waals surface area contributed by atoms with Crippen molar-refractivity contribution in [1.29, 1.82) is 0 Å². The summed E-state index contributed by atoms with van der Waals surface area (Å²) in [6.07, 6.45) is 1.66. The van der Waals surface area contributed by atoms with Crippen LogP contribution in [0.25, 0.3) is 0 Å². The minimum atomic E-state index is -0.103. The normalized spacial score (nSPS) is 11.0. The Balaban J connectivity index is 1.70. The molecule has 25 heavy (non-hydrogen) atoms. The fourth-order valence-corrected chi connectivity index (χ4v) is 2.94. The Morgan fingerprint density at radius 1 is 1.16 bits per heavy atom. The fourth-order valence-electron chi connectivity index (χ4n) is 2.16. The highest BCUT2D eigenvalue weighted by Crippen LogP contribution is 2.16. The van der Waals surface area contributed by atoms with E-state index in [0.717, 1.165) is 22.6 Å². The number of thioether (sulfide) groups is 1. The largest absolute Gasteiger partial charge is 0.497 e. The molecule has 0 saturated heterocycles. The van der Waals surface area contributed by atoms with E-state index >= 15 is 0 Å². The molecule has 2 aromatic carbocycles.